The molecule has 0 aliphatic heterocycles. The van der Waals surface area contributed by atoms with Crippen LogP contribution in [-0.4, -0.2) is 39.5 Å². The summed E-state index contributed by atoms with van der Waals surface area (Å²) in [5.41, 5.74) is -3.56. The second kappa shape index (κ2) is 8.69. The molecule has 0 spiro atoms. The topological polar surface area (TPSA) is 72.5 Å². The van der Waals surface area contributed by atoms with E-state index in [1.807, 2.05) is 0 Å². The van der Waals surface area contributed by atoms with Crippen LogP contribution >= 0.6 is 11.8 Å². The molecule has 0 amide bonds. The first kappa shape index (κ1) is 23.6. The SMILES string of the molecule is COC(=O)[C@H](CCSC)NS(=O)(=O)c1cc(C(F)(F)F)cc(C(F)(F)F)c1. The minimum Gasteiger partial charge on any atom is -0.468 e. The molecule has 1 atom stereocenters. The van der Waals surface area contributed by atoms with Gasteiger partial charge in [-0.25, -0.2) is 8.42 Å². The van der Waals surface area contributed by atoms with Gasteiger partial charge in [0.25, 0.3) is 0 Å². The normalized spacial score (nSPS) is 14.1. The van der Waals surface area contributed by atoms with Crippen molar-refractivity contribution in [3.8, 4) is 0 Å². The number of carbonyl (C=O) groups is 1. The van der Waals surface area contributed by atoms with E-state index in [1.165, 1.54) is 11.8 Å². The van der Waals surface area contributed by atoms with Gasteiger partial charge in [0, 0.05) is 0 Å². The maximum absolute atomic E-state index is 12.9. The lowest BCUT2D eigenvalue weighted by molar-refractivity contribution is -0.144. The zero-order chi connectivity index (χ0) is 21.0. The van der Waals surface area contributed by atoms with Crippen molar-refractivity contribution < 1.29 is 44.3 Å². The highest BCUT2D eigenvalue weighted by molar-refractivity contribution is 7.98. The number of halogens is 6. The highest BCUT2D eigenvalue weighted by atomic mass is 32.2. The van der Waals surface area contributed by atoms with Gasteiger partial charge in [0.1, 0.15) is 6.04 Å². The molecule has 0 heterocycles. The van der Waals surface area contributed by atoms with Gasteiger partial charge in [-0.3, -0.25) is 4.79 Å². The molecule has 154 valence electrons. The van der Waals surface area contributed by atoms with Crippen LogP contribution in [-0.2, 0) is 31.9 Å². The standard InChI is InChI=1S/C14H15F6NO4S2/c1-25-12(22)11(3-4-26-2)21-27(23,24)10-6-8(13(15,16)17)5-9(7-10)14(18,19)20/h5-7,11,21H,3-4H2,1-2H3/t11-/m0/s1. The van der Waals surface area contributed by atoms with Crippen LogP contribution in [0.3, 0.4) is 0 Å². The Bertz CT molecular complexity index is 745. The smallest absolute Gasteiger partial charge is 0.416 e. The van der Waals surface area contributed by atoms with Gasteiger partial charge >= 0.3 is 18.3 Å². The first-order valence-electron chi connectivity index (χ1n) is 7.11. The lowest BCUT2D eigenvalue weighted by Gasteiger charge is -2.18. The van der Waals surface area contributed by atoms with Crippen LogP contribution in [0, 0.1) is 0 Å². The molecule has 0 aliphatic carbocycles. The summed E-state index contributed by atoms with van der Waals surface area (Å²) >= 11 is 1.25. The van der Waals surface area contributed by atoms with Gasteiger partial charge in [-0.1, -0.05) is 0 Å². The Kier molecular flexibility index (Phi) is 7.59. The first-order valence-corrected chi connectivity index (χ1v) is 9.98. The molecule has 0 saturated heterocycles. The van der Waals surface area contributed by atoms with Gasteiger partial charge in [0.2, 0.25) is 10.0 Å². The van der Waals surface area contributed by atoms with E-state index < -0.39 is 50.4 Å². The number of alkyl halides is 6. The average molecular weight is 439 g/mol. The predicted molar refractivity (Wildman–Crippen MR) is 85.6 cm³/mol. The van der Waals surface area contributed by atoms with Crippen LogP contribution in [0.25, 0.3) is 0 Å². The van der Waals surface area contributed by atoms with Gasteiger partial charge in [0.15, 0.2) is 0 Å². The number of benzene rings is 1. The Morgan fingerprint density at radius 3 is 1.96 bits per heavy atom. The number of thioether (sulfide) groups is 1. The Labute approximate surface area is 155 Å². The maximum Gasteiger partial charge on any atom is 0.416 e. The molecule has 27 heavy (non-hydrogen) atoms. The summed E-state index contributed by atoms with van der Waals surface area (Å²) in [5.74, 6) is -0.728. The molecule has 0 aliphatic rings. The largest absolute Gasteiger partial charge is 0.468 e. The predicted octanol–water partition coefficient (Wildman–Crippen LogP) is 3.30. The fraction of sp³-hybridized carbons (Fsp3) is 0.500. The summed E-state index contributed by atoms with van der Waals surface area (Å²) in [6, 6.07) is -1.51. The van der Waals surface area contributed by atoms with Crippen LogP contribution in [0.5, 0.6) is 0 Å². The van der Waals surface area contributed by atoms with Crippen molar-refractivity contribution in [1.29, 1.82) is 0 Å². The molecule has 0 fully saturated rings. The molecule has 1 rings (SSSR count). The third-order valence-electron chi connectivity index (χ3n) is 3.27. The van der Waals surface area contributed by atoms with Crippen molar-refractivity contribution in [2.24, 2.45) is 0 Å². The minimum absolute atomic E-state index is 0.0699. The monoisotopic (exact) mass is 439 g/mol. The zero-order valence-electron chi connectivity index (χ0n) is 13.9. The number of carbonyl (C=O) groups excluding carboxylic acids is 1. The van der Waals surface area contributed by atoms with E-state index in [0.29, 0.717) is 5.75 Å². The van der Waals surface area contributed by atoms with Gasteiger partial charge in [-0.05, 0) is 36.6 Å². The zero-order valence-corrected chi connectivity index (χ0v) is 15.6. The Morgan fingerprint density at radius 2 is 1.59 bits per heavy atom. The number of rotatable bonds is 7. The van der Waals surface area contributed by atoms with Crippen LogP contribution in [0.2, 0.25) is 0 Å². The van der Waals surface area contributed by atoms with Gasteiger partial charge in [-0.2, -0.15) is 42.8 Å². The quantitative estimate of drug-likeness (QED) is 0.522. The van der Waals surface area contributed by atoms with Gasteiger partial charge in [0.05, 0.1) is 23.1 Å². The molecule has 1 aromatic rings. The highest BCUT2D eigenvalue weighted by Crippen LogP contribution is 2.37. The van der Waals surface area contributed by atoms with Crippen molar-refractivity contribution in [2.45, 2.75) is 29.7 Å². The summed E-state index contributed by atoms with van der Waals surface area (Å²) in [7, 11) is -3.90. The van der Waals surface area contributed by atoms with E-state index >= 15 is 0 Å². The maximum atomic E-state index is 12.9. The van der Waals surface area contributed by atoms with E-state index in [9.17, 15) is 39.6 Å². The van der Waals surface area contributed by atoms with Crippen LogP contribution in [0.15, 0.2) is 23.1 Å². The van der Waals surface area contributed by atoms with Crippen molar-refractivity contribution >= 4 is 27.8 Å². The molecule has 5 nitrogen and oxygen atoms in total. The van der Waals surface area contributed by atoms with Crippen molar-refractivity contribution in [1.82, 2.24) is 4.72 Å². The third-order valence-corrected chi connectivity index (χ3v) is 5.36. The molecular weight excluding hydrogens is 424 g/mol. The minimum atomic E-state index is -5.20. The van der Waals surface area contributed by atoms with E-state index in [4.69, 9.17) is 0 Å². The fourth-order valence-corrected chi connectivity index (χ4v) is 3.70. The molecule has 0 aromatic heterocycles. The van der Waals surface area contributed by atoms with Gasteiger partial charge in [-0.15, -0.1) is 0 Å². The van der Waals surface area contributed by atoms with Crippen molar-refractivity contribution in [3.05, 3.63) is 29.3 Å². The summed E-state index contributed by atoms with van der Waals surface area (Å²) in [6.07, 6.45) is -8.82. The van der Waals surface area contributed by atoms with E-state index in [-0.39, 0.29) is 24.6 Å². The van der Waals surface area contributed by atoms with Gasteiger partial charge < -0.3 is 4.74 Å². The fourth-order valence-electron chi connectivity index (χ4n) is 1.94. The van der Waals surface area contributed by atoms with Crippen LogP contribution in [0.4, 0.5) is 26.3 Å². The van der Waals surface area contributed by atoms with E-state index in [1.54, 1.807) is 11.0 Å². The molecule has 0 unspecified atom stereocenters. The third kappa shape index (κ3) is 6.57. The molecule has 1 aromatic carbocycles. The number of esters is 1. The molecule has 0 radical (unpaired) electrons. The molecule has 0 bridgehead atoms. The average Bonchev–Trinajstić information content (AvgIpc) is 2.55. The number of methoxy groups -OCH3 is 1. The Morgan fingerprint density at radius 1 is 1.11 bits per heavy atom. The second-order valence-corrected chi connectivity index (χ2v) is 7.92. The van der Waals surface area contributed by atoms with E-state index in [0.717, 1.165) is 7.11 Å². The number of sulfonamides is 1. The summed E-state index contributed by atoms with van der Waals surface area (Å²) in [4.78, 5) is 10.4. The summed E-state index contributed by atoms with van der Waals surface area (Å²) in [5, 5.41) is 0. The summed E-state index contributed by atoms with van der Waals surface area (Å²) in [6.45, 7) is 0. The van der Waals surface area contributed by atoms with Crippen LogP contribution < -0.4 is 4.72 Å². The number of nitrogens with one attached hydrogen (secondary N) is 1. The number of ether oxygens (including phenoxy) is 1. The number of hydrogen-bond donors (Lipinski definition) is 1. The van der Waals surface area contributed by atoms with E-state index in [2.05, 4.69) is 4.74 Å². The molecule has 13 heteroatoms. The van der Waals surface area contributed by atoms with Crippen LogP contribution in [0.1, 0.15) is 17.5 Å². The molecule has 0 saturated carbocycles. The Balaban J connectivity index is 3.41. The molecular formula is C14H15F6NO4S2. The lowest BCUT2D eigenvalue weighted by Crippen LogP contribution is -2.42. The highest BCUT2D eigenvalue weighted by Gasteiger charge is 2.38. The van der Waals surface area contributed by atoms with Crippen molar-refractivity contribution in [2.75, 3.05) is 19.1 Å². The summed E-state index contributed by atoms with van der Waals surface area (Å²) < 4.78 is 108. The first-order chi connectivity index (χ1) is 12.2. The molecule has 1 N–H and O–H groups in total. The van der Waals surface area contributed by atoms with Crippen molar-refractivity contribution in [3.63, 3.8) is 0 Å². The second-order valence-electron chi connectivity index (χ2n) is 5.22. The Hall–Kier alpha value is -1.47. The number of hydrogen-bond acceptors (Lipinski definition) is 5. The lowest BCUT2D eigenvalue weighted by atomic mass is 10.1.